The molecular formula is C28H33N3O6. The van der Waals surface area contributed by atoms with Crippen LogP contribution in [-0.2, 0) is 23.7 Å². The topological polar surface area (TPSA) is 119 Å². The fourth-order valence-electron chi connectivity index (χ4n) is 4.27. The molecule has 2 aliphatic rings. The molecule has 1 aromatic rings. The van der Waals surface area contributed by atoms with E-state index in [-0.39, 0.29) is 19.1 Å². The number of nitrogens with zero attached hydrogens (tertiary/aromatic N) is 1. The molecule has 37 heavy (non-hydrogen) atoms. The molecule has 0 aromatic heterocycles. The van der Waals surface area contributed by atoms with E-state index in [4.69, 9.17) is 24.2 Å². The Balaban J connectivity index is 1.09. The van der Waals surface area contributed by atoms with Crippen molar-refractivity contribution >= 4 is 17.7 Å². The minimum absolute atomic E-state index is 0.0892. The molecule has 2 aliphatic carbocycles. The summed E-state index contributed by atoms with van der Waals surface area (Å²) in [5.41, 5.74) is 1.31. The number of benzene rings is 1. The van der Waals surface area contributed by atoms with Gasteiger partial charge in [-0.25, -0.2) is 4.79 Å². The molecule has 0 spiro atoms. The van der Waals surface area contributed by atoms with Crippen LogP contribution in [0.1, 0.15) is 31.2 Å². The first kappa shape index (κ1) is 28.0. The highest BCUT2D eigenvalue weighted by Crippen LogP contribution is 2.52. The molecule has 3 atom stereocenters. The highest BCUT2D eigenvalue weighted by Gasteiger charge is 2.49. The maximum atomic E-state index is 11.9. The summed E-state index contributed by atoms with van der Waals surface area (Å²) in [6, 6.07) is 8.60. The average molecular weight is 508 g/mol. The summed E-state index contributed by atoms with van der Waals surface area (Å²) in [7, 11) is 0. The zero-order chi connectivity index (χ0) is 26.1. The van der Waals surface area contributed by atoms with Crippen LogP contribution in [-0.4, -0.2) is 64.8 Å². The first-order valence-corrected chi connectivity index (χ1v) is 12.6. The number of fused-ring (bicyclic) bond motifs is 1. The van der Waals surface area contributed by atoms with Crippen LogP contribution < -0.4 is 10.6 Å². The number of nitrogens with one attached hydrogen (secondary N) is 2. The third-order valence-electron chi connectivity index (χ3n) is 6.17. The second-order valence-electron chi connectivity index (χ2n) is 8.71. The van der Waals surface area contributed by atoms with Crippen molar-refractivity contribution < 1.29 is 28.5 Å². The number of nitriles is 1. The molecule has 2 amide bonds. The quantitative estimate of drug-likeness (QED) is 0.294. The largest absolute Gasteiger partial charge is 0.449 e. The molecular weight excluding hydrogens is 474 g/mol. The van der Waals surface area contributed by atoms with Crippen molar-refractivity contribution in [1.29, 1.82) is 5.26 Å². The molecule has 1 saturated carbocycles. The van der Waals surface area contributed by atoms with E-state index in [1.54, 1.807) is 30.3 Å². The van der Waals surface area contributed by atoms with Crippen LogP contribution in [0.3, 0.4) is 0 Å². The molecule has 3 rings (SSSR count). The maximum Gasteiger partial charge on any atom is 0.407 e. The average Bonchev–Trinajstić information content (AvgIpc) is 3.54. The Kier molecular flexibility index (Phi) is 12.3. The number of hydrogen-bond acceptors (Lipinski definition) is 7. The second kappa shape index (κ2) is 16.2. The maximum absolute atomic E-state index is 11.9. The van der Waals surface area contributed by atoms with E-state index in [1.807, 2.05) is 0 Å². The van der Waals surface area contributed by atoms with Crippen LogP contribution in [0.25, 0.3) is 0 Å². The van der Waals surface area contributed by atoms with Crippen LogP contribution in [0, 0.1) is 52.8 Å². The lowest BCUT2D eigenvalue weighted by Crippen LogP contribution is -2.29. The molecule has 1 unspecified atom stereocenters. The summed E-state index contributed by atoms with van der Waals surface area (Å²) >= 11 is 0. The Morgan fingerprint density at radius 3 is 2.27 bits per heavy atom. The van der Waals surface area contributed by atoms with E-state index in [2.05, 4.69) is 34.3 Å². The van der Waals surface area contributed by atoms with Gasteiger partial charge in [-0.15, -0.1) is 11.8 Å². The van der Waals surface area contributed by atoms with Gasteiger partial charge in [0.2, 0.25) is 5.91 Å². The van der Waals surface area contributed by atoms with E-state index in [0.717, 1.165) is 25.7 Å². The van der Waals surface area contributed by atoms with Gasteiger partial charge in [0.25, 0.3) is 0 Å². The number of carbonyl (C=O) groups excluding carboxylic acids is 2. The molecule has 9 nitrogen and oxygen atoms in total. The van der Waals surface area contributed by atoms with Gasteiger partial charge in [0, 0.05) is 36.6 Å². The van der Waals surface area contributed by atoms with Crippen LogP contribution in [0.15, 0.2) is 24.3 Å². The van der Waals surface area contributed by atoms with Crippen LogP contribution in [0.2, 0.25) is 0 Å². The van der Waals surface area contributed by atoms with Gasteiger partial charge in [-0.2, -0.15) is 5.26 Å². The number of hydrogen-bond donors (Lipinski definition) is 2. The molecule has 0 heterocycles. The standard InChI is InChI=1S/C28H33N3O6/c29-13-5-6-22-9-11-23(12-10-22)31-27(32)21-36-19-18-35-17-16-34-15-14-30-28(33)37-20-26-24-7-3-1-2-4-8-25(24)26/h9-12,24-26H,3-4,7-8,14-21H2,(H,30,33)(H,31,32)/t24-,25+,26?. The van der Waals surface area contributed by atoms with Crippen LogP contribution in [0.5, 0.6) is 0 Å². The van der Waals surface area contributed by atoms with E-state index in [1.165, 1.54) is 0 Å². The summed E-state index contributed by atoms with van der Waals surface area (Å²) in [5, 5.41) is 13.9. The van der Waals surface area contributed by atoms with Crippen LogP contribution >= 0.6 is 0 Å². The van der Waals surface area contributed by atoms with Crippen molar-refractivity contribution in [3.63, 3.8) is 0 Å². The minimum Gasteiger partial charge on any atom is -0.449 e. The predicted molar refractivity (Wildman–Crippen MR) is 136 cm³/mol. The number of amides is 2. The van der Waals surface area contributed by atoms with Crippen molar-refractivity contribution in [3.8, 4) is 29.8 Å². The van der Waals surface area contributed by atoms with Gasteiger partial charge in [0.15, 0.2) is 6.07 Å². The summed E-state index contributed by atoms with van der Waals surface area (Å²) in [4.78, 5) is 23.8. The highest BCUT2D eigenvalue weighted by atomic mass is 16.6. The van der Waals surface area contributed by atoms with E-state index < -0.39 is 6.09 Å². The number of ether oxygens (including phenoxy) is 4. The van der Waals surface area contributed by atoms with Gasteiger partial charge in [-0.1, -0.05) is 5.92 Å². The lowest BCUT2D eigenvalue weighted by molar-refractivity contribution is -0.121. The predicted octanol–water partition coefficient (Wildman–Crippen LogP) is 2.72. The normalized spacial score (nSPS) is 19.3. The van der Waals surface area contributed by atoms with Crippen molar-refractivity contribution in [2.45, 2.75) is 25.7 Å². The molecule has 1 fully saturated rings. The number of carbonyl (C=O) groups is 2. The number of alkyl carbamates (subject to hydrolysis) is 1. The summed E-state index contributed by atoms with van der Waals surface area (Å²) < 4.78 is 21.5. The van der Waals surface area contributed by atoms with Gasteiger partial charge in [-0.3, -0.25) is 4.79 Å². The van der Waals surface area contributed by atoms with Crippen molar-refractivity contribution in [2.75, 3.05) is 58.1 Å². The summed E-state index contributed by atoms with van der Waals surface area (Å²) in [6.07, 6.45) is 3.73. The lowest BCUT2D eigenvalue weighted by atomic mass is 10.1. The first-order chi connectivity index (χ1) is 18.2. The third kappa shape index (κ3) is 10.9. The van der Waals surface area contributed by atoms with Crippen molar-refractivity contribution in [2.24, 2.45) is 17.8 Å². The SMILES string of the molecule is N#CC#Cc1ccc(NC(=O)COCCOCCOCCNC(=O)OCC2[C@H]3CCC#CCC[C@@H]23)cc1. The van der Waals surface area contributed by atoms with E-state index in [0.29, 0.717) is 68.6 Å². The van der Waals surface area contributed by atoms with Gasteiger partial charge in [0.1, 0.15) is 6.61 Å². The first-order valence-electron chi connectivity index (χ1n) is 12.6. The van der Waals surface area contributed by atoms with E-state index >= 15 is 0 Å². The highest BCUT2D eigenvalue weighted by molar-refractivity contribution is 5.91. The van der Waals surface area contributed by atoms with Gasteiger partial charge < -0.3 is 29.6 Å². The molecule has 196 valence electrons. The van der Waals surface area contributed by atoms with Crippen molar-refractivity contribution in [1.82, 2.24) is 5.32 Å². The molecule has 0 bridgehead atoms. The fraction of sp³-hybridized carbons (Fsp3) is 0.536. The van der Waals surface area contributed by atoms with Gasteiger partial charge in [0.05, 0.1) is 39.6 Å². The molecule has 0 saturated heterocycles. The molecule has 0 radical (unpaired) electrons. The van der Waals surface area contributed by atoms with Gasteiger partial charge in [-0.05, 0) is 54.9 Å². The molecule has 9 heteroatoms. The van der Waals surface area contributed by atoms with Crippen LogP contribution in [0.4, 0.5) is 10.5 Å². The number of rotatable bonds is 14. The zero-order valence-electron chi connectivity index (χ0n) is 20.9. The Hall–Kier alpha value is -3.55. The monoisotopic (exact) mass is 507 g/mol. The molecule has 1 aromatic carbocycles. The molecule has 2 N–H and O–H groups in total. The minimum atomic E-state index is -0.404. The Morgan fingerprint density at radius 1 is 0.946 bits per heavy atom. The van der Waals surface area contributed by atoms with Crippen molar-refractivity contribution in [3.05, 3.63) is 29.8 Å². The van der Waals surface area contributed by atoms with E-state index in [9.17, 15) is 9.59 Å². The molecule has 0 aliphatic heterocycles. The summed E-state index contributed by atoms with van der Waals surface area (Å²) in [5.74, 6) is 12.9. The fourth-order valence-corrected chi connectivity index (χ4v) is 4.27. The third-order valence-corrected chi connectivity index (χ3v) is 6.17. The number of anilines is 1. The smallest absolute Gasteiger partial charge is 0.407 e. The summed E-state index contributed by atoms with van der Waals surface area (Å²) in [6.45, 7) is 2.52. The zero-order valence-corrected chi connectivity index (χ0v) is 20.9. The Bertz CT molecular complexity index is 1030. The Labute approximate surface area is 218 Å². The van der Waals surface area contributed by atoms with Gasteiger partial charge >= 0.3 is 6.09 Å². The lowest BCUT2D eigenvalue weighted by Gasteiger charge is -2.09. The second-order valence-corrected chi connectivity index (χ2v) is 8.71. The Morgan fingerprint density at radius 2 is 1.59 bits per heavy atom.